The van der Waals surface area contributed by atoms with E-state index in [2.05, 4.69) is 5.32 Å². The van der Waals surface area contributed by atoms with Gasteiger partial charge in [-0.3, -0.25) is 4.79 Å². The van der Waals surface area contributed by atoms with Crippen LogP contribution < -0.4 is 5.32 Å². The zero-order valence-corrected chi connectivity index (χ0v) is 5.26. The molecule has 3 nitrogen and oxygen atoms in total. The Morgan fingerprint density at radius 2 is 2.56 bits per heavy atom. The van der Waals surface area contributed by atoms with E-state index in [9.17, 15) is 4.79 Å². The minimum Gasteiger partial charge on any atom is -0.361 e. The third kappa shape index (κ3) is 0.580. The largest absolute Gasteiger partial charge is 0.361 e. The molecule has 3 heteroatoms. The number of amides is 1. The maximum Gasteiger partial charge on any atom is 0.225 e. The molecule has 0 bridgehead atoms. The Morgan fingerprint density at radius 1 is 1.78 bits per heavy atom. The van der Waals surface area contributed by atoms with Crippen molar-refractivity contribution in [2.75, 3.05) is 7.11 Å². The molecule has 1 saturated carbocycles. The molecule has 1 aliphatic heterocycles. The number of fused-ring (bicyclic) bond motifs is 1. The standard InChI is InChI=1S/C6H9NO2/c1-9-6-4-2-3(4)5(8)7-6/h3-4,6H,2H2,1H3,(H,7,8)/t3-,4+,6+/m0/s1. The third-order valence-electron chi connectivity index (χ3n) is 2.10. The van der Waals surface area contributed by atoms with Gasteiger partial charge >= 0.3 is 0 Å². The highest BCUT2D eigenvalue weighted by molar-refractivity contribution is 5.84. The summed E-state index contributed by atoms with van der Waals surface area (Å²) in [6.45, 7) is 0. The first-order chi connectivity index (χ1) is 4.33. The topological polar surface area (TPSA) is 38.3 Å². The minimum absolute atomic E-state index is 0.0162. The van der Waals surface area contributed by atoms with Crippen molar-refractivity contribution in [1.82, 2.24) is 5.32 Å². The highest BCUT2D eigenvalue weighted by Crippen LogP contribution is 2.45. The first-order valence-corrected chi connectivity index (χ1v) is 3.16. The Kier molecular flexibility index (Phi) is 0.858. The molecule has 9 heavy (non-hydrogen) atoms. The number of ether oxygens (including phenoxy) is 1. The Bertz CT molecular complexity index is 157. The molecule has 50 valence electrons. The summed E-state index contributed by atoms with van der Waals surface area (Å²) in [6, 6.07) is 0. The quantitative estimate of drug-likeness (QED) is 0.526. The van der Waals surface area contributed by atoms with E-state index in [1.54, 1.807) is 7.11 Å². The molecule has 2 rings (SSSR count). The fraction of sp³-hybridized carbons (Fsp3) is 0.833. The first-order valence-electron chi connectivity index (χ1n) is 3.16. The number of hydrogen-bond acceptors (Lipinski definition) is 2. The number of carbonyl (C=O) groups excluding carboxylic acids is 1. The predicted octanol–water partition coefficient (Wildman–Crippen LogP) is -0.275. The molecule has 0 aromatic heterocycles. The number of piperidine rings is 1. The van der Waals surface area contributed by atoms with Crippen molar-refractivity contribution in [2.45, 2.75) is 12.6 Å². The summed E-state index contributed by atoms with van der Waals surface area (Å²) < 4.78 is 5.00. The summed E-state index contributed by atoms with van der Waals surface area (Å²) in [5.74, 6) is 0.948. The van der Waals surface area contributed by atoms with E-state index >= 15 is 0 Å². The van der Waals surface area contributed by atoms with Crippen LogP contribution in [0, 0.1) is 11.8 Å². The van der Waals surface area contributed by atoms with Crippen molar-refractivity contribution in [1.29, 1.82) is 0 Å². The smallest absolute Gasteiger partial charge is 0.225 e. The Hall–Kier alpha value is -0.570. The lowest BCUT2D eigenvalue weighted by atomic mass is 10.3. The highest BCUT2D eigenvalue weighted by atomic mass is 16.5. The monoisotopic (exact) mass is 127 g/mol. The van der Waals surface area contributed by atoms with Gasteiger partial charge in [-0.1, -0.05) is 0 Å². The van der Waals surface area contributed by atoms with Crippen LogP contribution in [0.25, 0.3) is 0 Å². The zero-order chi connectivity index (χ0) is 6.43. The molecule has 1 saturated heterocycles. The van der Waals surface area contributed by atoms with Gasteiger partial charge in [0.2, 0.25) is 5.91 Å². The number of hydrogen-bond donors (Lipinski definition) is 1. The van der Waals surface area contributed by atoms with Crippen LogP contribution in [0.3, 0.4) is 0 Å². The van der Waals surface area contributed by atoms with E-state index in [-0.39, 0.29) is 18.1 Å². The van der Waals surface area contributed by atoms with Crippen LogP contribution in [0.4, 0.5) is 0 Å². The molecule has 0 aromatic rings. The van der Waals surface area contributed by atoms with Crippen LogP contribution in [0.1, 0.15) is 6.42 Å². The van der Waals surface area contributed by atoms with Crippen molar-refractivity contribution in [3.8, 4) is 0 Å². The van der Waals surface area contributed by atoms with Crippen LogP contribution in [0.2, 0.25) is 0 Å². The van der Waals surface area contributed by atoms with Crippen LogP contribution in [-0.2, 0) is 9.53 Å². The van der Waals surface area contributed by atoms with Gasteiger partial charge in [-0.05, 0) is 6.42 Å². The second-order valence-corrected chi connectivity index (χ2v) is 2.67. The van der Waals surface area contributed by atoms with Gasteiger partial charge in [0.25, 0.3) is 0 Å². The van der Waals surface area contributed by atoms with Crippen LogP contribution >= 0.6 is 0 Å². The fourth-order valence-electron chi connectivity index (χ4n) is 1.44. The molecular weight excluding hydrogens is 118 g/mol. The molecule has 1 amide bonds. The van der Waals surface area contributed by atoms with Crippen LogP contribution in [-0.4, -0.2) is 19.2 Å². The number of nitrogens with one attached hydrogen (secondary N) is 1. The van der Waals surface area contributed by atoms with Crippen LogP contribution in [0.15, 0.2) is 0 Å². The molecule has 0 unspecified atom stereocenters. The molecular formula is C6H9NO2. The van der Waals surface area contributed by atoms with E-state index in [0.717, 1.165) is 6.42 Å². The summed E-state index contributed by atoms with van der Waals surface area (Å²) in [5.41, 5.74) is 0. The van der Waals surface area contributed by atoms with Gasteiger partial charge in [0.05, 0.1) is 0 Å². The Balaban J connectivity index is 2.08. The molecule has 1 aliphatic carbocycles. The van der Waals surface area contributed by atoms with Crippen molar-refractivity contribution in [3.63, 3.8) is 0 Å². The van der Waals surface area contributed by atoms with Crippen molar-refractivity contribution in [3.05, 3.63) is 0 Å². The lowest BCUT2D eigenvalue weighted by Gasteiger charge is -2.08. The van der Waals surface area contributed by atoms with Crippen molar-refractivity contribution >= 4 is 5.91 Å². The molecule has 1 N–H and O–H groups in total. The van der Waals surface area contributed by atoms with Gasteiger partial charge in [0.15, 0.2) is 0 Å². The number of methoxy groups -OCH3 is 1. The first kappa shape index (κ1) is 5.23. The average Bonchev–Trinajstić information content (AvgIpc) is 2.56. The van der Waals surface area contributed by atoms with Gasteiger partial charge in [-0.25, -0.2) is 0 Å². The highest BCUT2D eigenvalue weighted by Gasteiger charge is 2.54. The second kappa shape index (κ2) is 1.48. The second-order valence-electron chi connectivity index (χ2n) is 2.67. The molecule has 0 aromatic carbocycles. The molecule has 2 aliphatic rings. The van der Waals surface area contributed by atoms with E-state index in [4.69, 9.17) is 4.74 Å². The van der Waals surface area contributed by atoms with E-state index in [1.165, 1.54) is 0 Å². The number of carbonyl (C=O) groups is 1. The van der Waals surface area contributed by atoms with E-state index in [1.807, 2.05) is 0 Å². The van der Waals surface area contributed by atoms with Gasteiger partial charge < -0.3 is 10.1 Å². The Morgan fingerprint density at radius 3 is 2.78 bits per heavy atom. The molecule has 1 heterocycles. The van der Waals surface area contributed by atoms with Gasteiger partial charge in [-0.2, -0.15) is 0 Å². The fourth-order valence-corrected chi connectivity index (χ4v) is 1.44. The maximum absolute atomic E-state index is 10.8. The number of rotatable bonds is 1. The van der Waals surface area contributed by atoms with E-state index < -0.39 is 0 Å². The summed E-state index contributed by atoms with van der Waals surface area (Å²) >= 11 is 0. The molecule has 2 fully saturated rings. The van der Waals surface area contributed by atoms with Gasteiger partial charge in [0, 0.05) is 18.9 Å². The lowest BCUT2D eigenvalue weighted by Crippen LogP contribution is -2.31. The molecule has 3 atom stereocenters. The molecule has 0 spiro atoms. The predicted molar refractivity (Wildman–Crippen MR) is 30.5 cm³/mol. The minimum atomic E-state index is 0.0162. The Labute approximate surface area is 53.4 Å². The lowest BCUT2D eigenvalue weighted by molar-refractivity contribution is -0.122. The van der Waals surface area contributed by atoms with Gasteiger partial charge in [0.1, 0.15) is 6.23 Å². The van der Waals surface area contributed by atoms with Crippen molar-refractivity contribution < 1.29 is 9.53 Å². The van der Waals surface area contributed by atoms with E-state index in [0.29, 0.717) is 5.92 Å². The third-order valence-corrected chi connectivity index (χ3v) is 2.10. The summed E-state index contributed by atoms with van der Waals surface area (Å²) in [6.07, 6.45) is 1.05. The summed E-state index contributed by atoms with van der Waals surface area (Å²) in [7, 11) is 1.63. The van der Waals surface area contributed by atoms with Gasteiger partial charge in [-0.15, -0.1) is 0 Å². The summed E-state index contributed by atoms with van der Waals surface area (Å²) in [5, 5.41) is 2.74. The molecule has 0 radical (unpaired) electrons. The zero-order valence-electron chi connectivity index (χ0n) is 5.26. The summed E-state index contributed by atoms with van der Waals surface area (Å²) in [4.78, 5) is 10.8. The van der Waals surface area contributed by atoms with Crippen LogP contribution in [0.5, 0.6) is 0 Å². The SMILES string of the molecule is CO[C@H]1NC(=O)[C@H]2C[C@@H]12. The van der Waals surface area contributed by atoms with Crippen molar-refractivity contribution in [2.24, 2.45) is 11.8 Å². The maximum atomic E-state index is 10.8. The average molecular weight is 127 g/mol. The normalized spacial score (nSPS) is 46.3.